The minimum absolute atomic E-state index is 0.0490. The molecule has 1 saturated carbocycles. The van der Waals surface area contributed by atoms with E-state index in [1.165, 1.54) is 24.2 Å². The largest absolute Gasteiger partial charge is 0.325 e. The van der Waals surface area contributed by atoms with Crippen LogP contribution in [0.2, 0.25) is 0 Å². The van der Waals surface area contributed by atoms with Crippen molar-refractivity contribution in [2.24, 2.45) is 5.92 Å². The third-order valence-electron chi connectivity index (χ3n) is 5.35. The quantitative estimate of drug-likeness (QED) is 0.766. The van der Waals surface area contributed by atoms with Crippen molar-refractivity contribution < 1.29 is 9.59 Å². The fraction of sp³-hybridized carbons (Fsp3) is 0.875. The van der Waals surface area contributed by atoms with Crippen molar-refractivity contribution >= 4 is 11.9 Å². The highest BCUT2D eigenvalue weighted by atomic mass is 16.2. The molecule has 0 aromatic heterocycles. The van der Waals surface area contributed by atoms with Gasteiger partial charge in [-0.1, -0.05) is 32.1 Å². The van der Waals surface area contributed by atoms with E-state index in [-0.39, 0.29) is 11.9 Å². The van der Waals surface area contributed by atoms with Gasteiger partial charge in [0.15, 0.2) is 0 Å². The normalized spacial score (nSPS) is 27.5. The lowest BCUT2D eigenvalue weighted by Gasteiger charge is -2.30. The Morgan fingerprint density at radius 3 is 2.29 bits per heavy atom. The Bertz CT molecular complexity index is 396. The maximum absolute atomic E-state index is 12.9. The lowest BCUT2D eigenvalue weighted by Crippen LogP contribution is -2.47. The Kier molecular flexibility index (Phi) is 4.48. The van der Waals surface area contributed by atoms with E-state index in [0.29, 0.717) is 12.5 Å². The first-order valence-electron chi connectivity index (χ1n) is 8.56. The lowest BCUT2D eigenvalue weighted by atomic mass is 9.84. The summed E-state index contributed by atoms with van der Waals surface area (Å²) in [6, 6.07) is -0.154. The maximum atomic E-state index is 12.9. The molecule has 3 amide bonds. The Balaban J connectivity index is 1.68. The van der Waals surface area contributed by atoms with Gasteiger partial charge in [0.05, 0.1) is 0 Å². The molecule has 118 valence electrons. The number of piperidine rings is 1. The van der Waals surface area contributed by atoms with Crippen LogP contribution in [0.1, 0.15) is 57.8 Å². The van der Waals surface area contributed by atoms with Crippen LogP contribution in [0, 0.1) is 5.92 Å². The summed E-state index contributed by atoms with van der Waals surface area (Å²) in [5, 5.41) is 6.38. The molecule has 3 rings (SSSR count). The summed E-state index contributed by atoms with van der Waals surface area (Å²) in [4.78, 5) is 26.7. The van der Waals surface area contributed by atoms with Gasteiger partial charge in [-0.2, -0.15) is 0 Å². The Morgan fingerprint density at radius 2 is 1.62 bits per heavy atom. The summed E-state index contributed by atoms with van der Waals surface area (Å²) < 4.78 is 0. The number of nitrogens with zero attached hydrogens (tertiary/aromatic N) is 1. The molecular formula is C16H27N3O2. The van der Waals surface area contributed by atoms with Gasteiger partial charge in [-0.3, -0.25) is 9.69 Å². The van der Waals surface area contributed by atoms with E-state index in [9.17, 15) is 9.59 Å². The molecule has 3 aliphatic rings. The summed E-state index contributed by atoms with van der Waals surface area (Å²) in [6.45, 7) is 2.60. The van der Waals surface area contributed by atoms with E-state index in [4.69, 9.17) is 0 Å². The molecule has 2 aliphatic heterocycles. The molecule has 21 heavy (non-hydrogen) atoms. The number of carbonyl (C=O) groups excluding carboxylic acids is 2. The van der Waals surface area contributed by atoms with Crippen LogP contribution in [0.4, 0.5) is 4.79 Å². The zero-order valence-electron chi connectivity index (χ0n) is 12.8. The number of hydrogen-bond donors (Lipinski definition) is 2. The van der Waals surface area contributed by atoms with Crippen LogP contribution in [0.25, 0.3) is 0 Å². The van der Waals surface area contributed by atoms with Gasteiger partial charge >= 0.3 is 6.03 Å². The first kappa shape index (κ1) is 14.8. The molecular weight excluding hydrogens is 266 g/mol. The van der Waals surface area contributed by atoms with E-state index in [2.05, 4.69) is 10.6 Å². The second-order valence-corrected chi connectivity index (χ2v) is 6.89. The van der Waals surface area contributed by atoms with Crippen molar-refractivity contribution in [3.8, 4) is 0 Å². The first-order chi connectivity index (χ1) is 10.2. The number of imide groups is 1. The fourth-order valence-corrected chi connectivity index (χ4v) is 4.01. The number of carbonyl (C=O) groups is 2. The smallest absolute Gasteiger partial charge is 0.323 e. The minimum atomic E-state index is -0.579. The number of rotatable bonds is 2. The van der Waals surface area contributed by atoms with Gasteiger partial charge in [0.2, 0.25) is 0 Å². The molecule has 3 fully saturated rings. The van der Waals surface area contributed by atoms with Crippen LogP contribution in [-0.2, 0) is 4.79 Å². The molecule has 0 atom stereocenters. The zero-order chi connectivity index (χ0) is 14.7. The zero-order valence-corrected chi connectivity index (χ0v) is 12.8. The minimum Gasteiger partial charge on any atom is -0.323 e. The molecule has 0 radical (unpaired) electrons. The SMILES string of the molecule is O=C1NC2(CCCCCCC2)C(=O)N1CC1CCNCC1. The maximum Gasteiger partial charge on any atom is 0.325 e. The number of amides is 3. The molecule has 0 bridgehead atoms. The highest BCUT2D eigenvalue weighted by molar-refractivity contribution is 6.07. The standard InChI is InChI=1S/C16H27N3O2/c20-14-16(8-4-2-1-3-5-9-16)18-15(21)19(14)12-13-6-10-17-11-7-13/h13,17H,1-12H2,(H,18,21). The Hall–Kier alpha value is -1.10. The summed E-state index contributed by atoms with van der Waals surface area (Å²) >= 11 is 0. The summed E-state index contributed by atoms with van der Waals surface area (Å²) in [7, 11) is 0. The Morgan fingerprint density at radius 1 is 1.00 bits per heavy atom. The monoisotopic (exact) mass is 293 g/mol. The van der Waals surface area contributed by atoms with Gasteiger partial charge in [-0.25, -0.2) is 4.79 Å². The summed E-state index contributed by atoms with van der Waals surface area (Å²) in [6.07, 6.45) is 9.48. The average Bonchev–Trinajstić information content (AvgIpc) is 2.70. The highest BCUT2D eigenvalue weighted by Crippen LogP contribution is 2.32. The van der Waals surface area contributed by atoms with E-state index >= 15 is 0 Å². The predicted octanol–water partition coefficient (Wildman–Crippen LogP) is 2.02. The van der Waals surface area contributed by atoms with E-state index < -0.39 is 5.54 Å². The molecule has 0 unspecified atom stereocenters. The lowest BCUT2D eigenvalue weighted by molar-refractivity contribution is -0.132. The summed E-state index contributed by atoms with van der Waals surface area (Å²) in [5.41, 5.74) is -0.579. The summed E-state index contributed by atoms with van der Waals surface area (Å²) in [5.74, 6) is 0.512. The van der Waals surface area contributed by atoms with Crippen molar-refractivity contribution in [2.75, 3.05) is 19.6 Å². The van der Waals surface area contributed by atoms with Crippen LogP contribution in [0.5, 0.6) is 0 Å². The van der Waals surface area contributed by atoms with Crippen LogP contribution in [0.15, 0.2) is 0 Å². The van der Waals surface area contributed by atoms with Gasteiger partial charge in [-0.15, -0.1) is 0 Å². The third-order valence-corrected chi connectivity index (χ3v) is 5.35. The van der Waals surface area contributed by atoms with Crippen molar-refractivity contribution in [2.45, 2.75) is 63.3 Å². The highest BCUT2D eigenvalue weighted by Gasteiger charge is 2.50. The van der Waals surface area contributed by atoms with E-state index in [1.54, 1.807) is 0 Å². The average molecular weight is 293 g/mol. The van der Waals surface area contributed by atoms with Gasteiger partial charge < -0.3 is 10.6 Å². The van der Waals surface area contributed by atoms with Crippen LogP contribution in [0.3, 0.4) is 0 Å². The molecule has 1 spiro atoms. The number of urea groups is 1. The van der Waals surface area contributed by atoms with Gasteiger partial charge in [0.1, 0.15) is 5.54 Å². The molecule has 5 heteroatoms. The van der Waals surface area contributed by atoms with Crippen LogP contribution < -0.4 is 10.6 Å². The predicted molar refractivity (Wildman–Crippen MR) is 80.9 cm³/mol. The molecule has 1 aliphatic carbocycles. The van der Waals surface area contributed by atoms with Crippen LogP contribution >= 0.6 is 0 Å². The number of nitrogens with one attached hydrogen (secondary N) is 2. The fourth-order valence-electron chi connectivity index (χ4n) is 4.01. The van der Waals surface area contributed by atoms with Crippen molar-refractivity contribution in [1.82, 2.24) is 15.5 Å². The Labute approximate surface area is 126 Å². The van der Waals surface area contributed by atoms with Crippen molar-refractivity contribution in [1.29, 1.82) is 0 Å². The second kappa shape index (κ2) is 6.34. The molecule has 2 heterocycles. The number of hydrogen-bond acceptors (Lipinski definition) is 3. The first-order valence-corrected chi connectivity index (χ1v) is 8.56. The third kappa shape index (κ3) is 3.07. The molecule has 2 saturated heterocycles. The van der Waals surface area contributed by atoms with Crippen molar-refractivity contribution in [3.63, 3.8) is 0 Å². The topological polar surface area (TPSA) is 61.4 Å². The van der Waals surface area contributed by atoms with E-state index in [0.717, 1.165) is 51.6 Å². The van der Waals surface area contributed by atoms with Gasteiger partial charge in [-0.05, 0) is 44.7 Å². The van der Waals surface area contributed by atoms with Crippen molar-refractivity contribution in [3.05, 3.63) is 0 Å². The van der Waals surface area contributed by atoms with Gasteiger partial charge in [0.25, 0.3) is 5.91 Å². The molecule has 0 aromatic carbocycles. The van der Waals surface area contributed by atoms with E-state index in [1.807, 2.05) is 0 Å². The molecule has 5 nitrogen and oxygen atoms in total. The van der Waals surface area contributed by atoms with Crippen LogP contribution in [-0.4, -0.2) is 42.0 Å². The molecule has 2 N–H and O–H groups in total. The molecule has 0 aromatic rings. The second-order valence-electron chi connectivity index (χ2n) is 6.89. The van der Waals surface area contributed by atoms with Gasteiger partial charge in [0, 0.05) is 6.54 Å².